The molecule has 0 saturated heterocycles. The predicted molar refractivity (Wildman–Crippen MR) is 96.8 cm³/mol. The number of aromatic nitrogens is 1. The lowest BCUT2D eigenvalue weighted by Crippen LogP contribution is -2.13. The van der Waals surface area contributed by atoms with Gasteiger partial charge in [-0.3, -0.25) is 0 Å². The first-order valence-corrected chi connectivity index (χ1v) is 10.1. The van der Waals surface area contributed by atoms with Crippen LogP contribution >= 0.6 is 15.9 Å². The van der Waals surface area contributed by atoms with Crippen LogP contribution in [-0.4, -0.2) is 13.6 Å². The van der Waals surface area contributed by atoms with Crippen LogP contribution in [0.1, 0.15) is 11.1 Å². The summed E-state index contributed by atoms with van der Waals surface area (Å²) in [7, 11) is -3.89. The Morgan fingerprint density at radius 2 is 1.56 bits per heavy atom. The van der Waals surface area contributed by atoms with E-state index in [9.17, 15) is 21.6 Å². The normalized spacial score (nSPS) is 12.1. The first-order valence-electron chi connectivity index (χ1n) is 7.51. The number of benzene rings is 2. The predicted octanol–water partition coefficient (Wildman–Crippen LogP) is 5.06. The lowest BCUT2D eigenvalue weighted by Gasteiger charge is -2.09. The third kappa shape index (κ3) is 4.33. The van der Waals surface area contributed by atoms with E-state index in [0.29, 0.717) is 22.0 Å². The topological polar surface area (TPSA) is 72.2 Å². The summed E-state index contributed by atoms with van der Waals surface area (Å²) < 4.78 is 69.9. The van der Waals surface area contributed by atoms with E-state index in [1.165, 1.54) is 42.6 Å². The van der Waals surface area contributed by atoms with Gasteiger partial charge in [-0.1, -0.05) is 45.4 Å². The zero-order chi connectivity index (χ0) is 19.7. The minimum Gasteiger partial charge on any atom is -0.338 e. The molecule has 142 valence electrons. The summed E-state index contributed by atoms with van der Waals surface area (Å²) in [5.41, 5.74) is 0.921. The van der Waals surface area contributed by atoms with Crippen molar-refractivity contribution in [1.29, 1.82) is 0 Å². The molecule has 27 heavy (non-hydrogen) atoms. The smallest absolute Gasteiger partial charge is 0.338 e. The van der Waals surface area contributed by atoms with Gasteiger partial charge in [0.05, 0.1) is 16.7 Å². The lowest BCUT2D eigenvalue weighted by atomic mass is 10.0. The zero-order valence-electron chi connectivity index (χ0n) is 13.5. The van der Waals surface area contributed by atoms with E-state index in [-0.39, 0.29) is 10.8 Å². The summed E-state index contributed by atoms with van der Waals surface area (Å²) in [6.45, 7) is 0. The first kappa shape index (κ1) is 19.4. The van der Waals surface area contributed by atoms with Crippen molar-refractivity contribution in [2.24, 2.45) is 0 Å². The van der Waals surface area contributed by atoms with E-state index in [4.69, 9.17) is 4.52 Å². The van der Waals surface area contributed by atoms with E-state index >= 15 is 0 Å². The number of alkyl halides is 4. The molecule has 2 aromatic carbocycles. The molecule has 0 aliphatic carbocycles. The zero-order valence-corrected chi connectivity index (χ0v) is 15.9. The van der Waals surface area contributed by atoms with Crippen molar-refractivity contribution in [3.05, 3.63) is 65.9 Å². The maximum absolute atomic E-state index is 12.6. The van der Waals surface area contributed by atoms with Crippen LogP contribution in [0.25, 0.3) is 11.1 Å². The molecule has 0 aliphatic heterocycles. The molecule has 0 bridgehead atoms. The highest BCUT2D eigenvalue weighted by molar-refractivity contribution is 9.08. The average Bonchev–Trinajstić information content (AvgIpc) is 3.07. The number of hydrogen-bond donors (Lipinski definition) is 1. The number of rotatable bonds is 5. The van der Waals surface area contributed by atoms with Crippen LogP contribution in [0, 0.1) is 0 Å². The number of sulfonamides is 1. The van der Waals surface area contributed by atoms with Gasteiger partial charge in [0.1, 0.15) is 0 Å². The molecule has 0 atom stereocenters. The summed E-state index contributed by atoms with van der Waals surface area (Å²) in [5.74, 6) is 0.0127. The van der Waals surface area contributed by atoms with Crippen molar-refractivity contribution < 1.29 is 26.1 Å². The van der Waals surface area contributed by atoms with Gasteiger partial charge in [0, 0.05) is 10.9 Å². The second-order valence-corrected chi connectivity index (χ2v) is 7.76. The third-order valence-electron chi connectivity index (χ3n) is 3.73. The minimum atomic E-state index is -4.41. The Morgan fingerprint density at radius 3 is 2.07 bits per heavy atom. The van der Waals surface area contributed by atoms with Crippen molar-refractivity contribution >= 4 is 31.8 Å². The fourth-order valence-electron chi connectivity index (χ4n) is 2.30. The molecule has 3 aromatic rings. The van der Waals surface area contributed by atoms with E-state index in [1.54, 1.807) is 0 Å². The van der Waals surface area contributed by atoms with Crippen LogP contribution in [0.4, 0.5) is 19.1 Å². The van der Waals surface area contributed by atoms with Gasteiger partial charge in [-0.15, -0.1) is 0 Å². The van der Waals surface area contributed by atoms with Crippen molar-refractivity contribution in [2.45, 2.75) is 16.4 Å². The number of anilines is 1. The number of hydrogen-bond acceptors (Lipinski definition) is 4. The highest BCUT2D eigenvalue weighted by Gasteiger charge is 2.30. The van der Waals surface area contributed by atoms with E-state index in [1.807, 2.05) is 0 Å². The molecule has 0 fully saturated rings. The Bertz CT molecular complexity index is 1030. The van der Waals surface area contributed by atoms with Gasteiger partial charge in [-0.2, -0.15) is 13.2 Å². The highest BCUT2D eigenvalue weighted by Crippen LogP contribution is 2.31. The molecule has 0 saturated carbocycles. The Hall–Kier alpha value is -2.33. The fraction of sp³-hybridized carbons (Fsp3) is 0.118. The summed E-state index contributed by atoms with van der Waals surface area (Å²) in [4.78, 5) is -0.0184. The molecule has 0 spiro atoms. The van der Waals surface area contributed by atoms with Gasteiger partial charge in [0.15, 0.2) is 0 Å². The molecule has 0 radical (unpaired) electrons. The molecule has 1 N–H and O–H groups in total. The van der Waals surface area contributed by atoms with Gasteiger partial charge >= 0.3 is 6.18 Å². The maximum Gasteiger partial charge on any atom is 0.416 e. The second kappa shape index (κ2) is 7.35. The Balaban J connectivity index is 1.82. The standard InChI is InChI=1S/C17H12BrF3N2O3S/c18-9-13-10-22-26-16(13)23-27(24,25)15-7-3-12(4-8-15)11-1-5-14(6-2-11)17(19,20)21/h1-8,10,23H,9H2. The monoisotopic (exact) mass is 460 g/mol. The van der Waals surface area contributed by atoms with E-state index in [2.05, 4.69) is 25.8 Å². The number of nitrogens with one attached hydrogen (secondary N) is 1. The molecule has 3 rings (SSSR count). The maximum atomic E-state index is 12.6. The molecule has 1 heterocycles. The van der Waals surface area contributed by atoms with Crippen LogP contribution in [0.5, 0.6) is 0 Å². The van der Waals surface area contributed by atoms with Crippen molar-refractivity contribution in [3.8, 4) is 11.1 Å². The van der Waals surface area contributed by atoms with Crippen LogP contribution in [-0.2, 0) is 21.5 Å². The Labute approximate surface area is 161 Å². The van der Waals surface area contributed by atoms with Crippen molar-refractivity contribution in [1.82, 2.24) is 5.16 Å². The van der Waals surface area contributed by atoms with Gasteiger partial charge in [-0.05, 0) is 35.4 Å². The summed E-state index contributed by atoms with van der Waals surface area (Å²) >= 11 is 3.20. The van der Waals surface area contributed by atoms with Crippen molar-refractivity contribution in [3.63, 3.8) is 0 Å². The summed E-state index contributed by atoms with van der Waals surface area (Å²) in [6, 6.07) is 10.4. The minimum absolute atomic E-state index is 0.0127. The Kier molecular flexibility index (Phi) is 5.29. The molecule has 10 heteroatoms. The molecule has 0 amide bonds. The van der Waals surface area contributed by atoms with Crippen LogP contribution in [0.15, 0.2) is 64.1 Å². The van der Waals surface area contributed by atoms with E-state index < -0.39 is 21.8 Å². The van der Waals surface area contributed by atoms with Crippen molar-refractivity contribution in [2.75, 3.05) is 4.72 Å². The Morgan fingerprint density at radius 1 is 1.00 bits per heavy atom. The van der Waals surface area contributed by atoms with Gasteiger partial charge < -0.3 is 4.52 Å². The van der Waals surface area contributed by atoms with Gasteiger partial charge in [0.25, 0.3) is 10.0 Å². The fourth-order valence-corrected chi connectivity index (χ4v) is 3.72. The number of nitrogens with zero attached hydrogens (tertiary/aromatic N) is 1. The van der Waals surface area contributed by atoms with Crippen LogP contribution in [0.2, 0.25) is 0 Å². The molecule has 0 aliphatic rings. The van der Waals surface area contributed by atoms with Crippen LogP contribution < -0.4 is 4.72 Å². The highest BCUT2D eigenvalue weighted by atomic mass is 79.9. The number of halogens is 4. The summed E-state index contributed by atoms with van der Waals surface area (Å²) in [6.07, 6.45) is -3.02. The second-order valence-electron chi connectivity index (χ2n) is 5.52. The largest absolute Gasteiger partial charge is 0.416 e. The SMILES string of the molecule is O=S(=O)(Nc1oncc1CBr)c1ccc(-c2ccc(C(F)(F)F)cc2)cc1. The van der Waals surface area contributed by atoms with Crippen LogP contribution in [0.3, 0.4) is 0 Å². The third-order valence-corrected chi connectivity index (χ3v) is 5.68. The van der Waals surface area contributed by atoms with E-state index in [0.717, 1.165) is 12.1 Å². The molecular formula is C17H12BrF3N2O3S. The van der Waals surface area contributed by atoms with Gasteiger partial charge in [0.2, 0.25) is 5.88 Å². The lowest BCUT2D eigenvalue weighted by molar-refractivity contribution is -0.137. The van der Waals surface area contributed by atoms with Gasteiger partial charge in [-0.25, -0.2) is 13.1 Å². The molecular weight excluding hydrogens is 449 g/mol. The quantitative estimate of drug-likeness (QED) is 0.540. The molecule has 5 nitrogen and oxygen atoms in total. The summed E-state index contributed by atoms with van der Waals surface area (Å²) in [5, 5.41) is 3.90. The molecule has 0 unspecified atom stereocenters. The first-order chi connectivity index (χ1) is 12.7. The molecule has 1 aromatic heterocycles. The average molecular weight is 461 g/mol.